The molecule has 0 aliphatic heterocycles. The molecule has 0 radical (unpaired) electrons. The van der Waals surface area contributed by atoms with E-state index in [1.807, 2.05) is 13.0 Å². The fourth-order valence-electron chi connectivity index (χ4n) is 2.30. The molecule has 2 rings (SSSR count). The van der Waals surface area contributed by atoms with Crippen molar-refractivity contribution in [1.29, 1.82) is 0 Å². The second kappa shape index (κ2) is 10.9. The van der Waals surface area contributed by atoms with Crippen molar-refractivity contribution in [3.63, 3.8) is 0 Å². The fourth-order valence-corrected chi connectivity index (χ4v) is 2.30. The summed E-state index contributed by atoms with van der Waals surface area (Å²) in [5.74, 6) is 4.66. The Hall–Kier alpha value is -3.14. The summed E-state index contributed by atoms with van der Waals surface area (Å²) < 4.78 is 10.6. The van der Waals surface area contributed by atoms with Crippen molar-refractivity contribution >= 4 is 17.6 Å². The molecule has 1 atom stereocenters. The van der Waals surface area contributed by atoms with Gasteiger partial charge >= 0.3 is 5.97 Å². The zero-order valence-electron chi connectivity index (χ0n) is 15.9. The average Bonchev–Trinajstić information content (AvgIpc) is 2.70. The molecule has 28 heavy (non-hydrogen) atoms. The summed E-state index contributed by atoms with van der Waals surface area (Å²) in [6.07, 6.45) is -0.603. The second-order valence-electron chi connectivity index (χ2n) is 5.92. The van der Waals surface area contributed by atoms with Crippen LogP contribution in [0.15, 0.2) is 48.5 Å². The van der Waals surface area contributed by atoms with Crippen LogP contribution in [-0.2, 0) is 14.3 Å². The first-order valence-electron chi connectivity index (χ1n) is 8.95. The monoisotopic (exact) mass is 381 g/mol. The molecule has 0 aliphatic carbocycles. The number of carbonyl (C=O) groups is 2. The summed E-state index contributed by atoms with van der Waals surface area (Å²) in [5.41, 5.74) is 2.09. The molecule has 1 unspecified atom stereocenters. The Kier molecular flexibility index (Phi) is 8.22. The van der Waals surface area contributed by atoms with Gasteiger partial charge < -0.3 is 19.9 Å². The highest BCUT2D eigenvalue weighted by Crippen LogP contribution is 2.11. The first kappa shape index (κ1) is 21.2. The van der Waals surface area contributed by atoms with Crippen molar-refractivity contribution in [2.24, 2.45) is 0 Å². The first-order valence-corrected chi connectivity index (χ1v) is 8.95. The van der Waals surface area contributed by atoms with Gasteiger partial charge in [0.05, 0.1) is 18.8 Å². The van der Waals surface area contributed by atoms with E-state index in [0.717, 1.165) is 0 Å². The van der Waals surface area contributed by atoms with Crippen LogP contribution < -0.4 is 5.32 Å². The summed E-state index contributed by atoms with van der Waals surface area (Å²) in [6.45, 7) is 4.99. The maximum atomic E-state index is 12.2. The fraction of sp³-hybridized carbons (Fsp3) is 0.273. The lowest BCUT2D eigenvalue weighted by Crippen LogP contribution is -2.28. The summed E-state index contributed by atoms with van der Waals surface area (Å²) in [4.78, 5) is 23.2. The topological polar surface area (TPSA) is 84.9 Å². The molecule has 2 aromatic rings. The predicted octanol–water partition coefficient (Wildman–Crippen LogP) is 3.16. The maximum absolute atomic E-state index is 12.2. The van der Waals surface area contributed by atoms with Crippen molar-refractivity contribution in [3.8, 4) is 11.8 Å². The molecular formula is C22H23NO5. The molecule has 0 aliphatic rings. The number of carbonyl (C=O) groups excluding carboxylic acids is 1. The zero-order valence-corrected chi connectivity index (χ0v) is 15.9. The van der Waals surface area contributed by atoms with Crippen LogP contribution in [0.3, 0.4) is 0 Å². The Morgan fingerprint density at radius 1 is 1.07 bits per heavy atom. The van der Waals surface area contributed by atoms with E-state index < -0.39 is 12.1 Å². The number of hydrogen-bond donors (Lipinski definition) is 2. The number of rotatable bonds is 8. The van der Waals surface area contributed by atoms with Crippen LogP contribution in [0.1, 0.15) is 35.3 Å². The molecule has 0 aromatic heterocycles. The average molecular weight is 381 g/mol. The molecule has 0 saturated heterocycles. The van der Waals surface area contributed by atoms with Crippen molar-refractivity contribution < 1.29 is 24.2 Å². The van der Waals surface area contributed by atoms with Crippen molar-refractivity contribution in [1.82, 2.24) is 0 Å². The van der Waals surface area contributed by atoms with E-state index in [-0.39, 0.29) is 11.5 Å². The number of amides is 1. The van der Waals surface area contributed by atoms with Gasteiger partial charge in [-0.05, 0) is 50.2 Å². The lowest BCUT2D eigenvalue weighted by molar-refractivity contribution is -0.127. The Morgan fingerprint density at radius 3 is 2.43 bits per heavy atom. The van der Waals surface area contributed by atoms with Gasteiger partial charge in [0.2, 0.25) is 0 Å². The molecule has 2 aromatic carbocycles. The van der Waals surface area contributed by atoms with E-state index in [1.54, 1.807) is 37.3 Å². The highest BCUT2D eigenvalue weighted by atomic mass is 16.5. The molecule has 6 heteroatoms. The third kappa shape index (κ3) is 6.88. The quantitative estimate of drug-likeness (QED) is 0.542. The second-order valence-corrected chi connectivity index (χ2v) is 5.92. The maximum Gasteiger partial charge on any atom is 0.335 e. The third-order valence-electron chi connectivity index (χ3n) is 3.76. The largest absolute Gasteiger partial charge is 0.478 e. The molecule has 2 N–H and O–H groups in total. The van der Waals surface area contributed by atoms with Gasteiger partial charge in [-0.25, -0.2) is 4.79 Å². The van der Waals surface area contributed by atoms with Gasteiger partial charge in [0.25, 0.3) is 5.91 Å². The first-order chi connectivity index (χ1) is 13.5. The van der Waals surface area contributed by atoms with Crippen molar-refractivity contribution in [3.05, 3.63) is 65.2 Å². The summed E-state index contributed by atoms with van der Waals surface area (Å²) in [6, 6.07) is 13.5. The SMILES string of the molecule is CCOCCOC(C)C(=O)Nc1cccc(C#Cc2cccc(C(=O)O)c2)c1. The zero-order chi connectivity index (χ0) is 20.4. The number of carboxylic acids is 1. The number of anilines is 1. The third-order valence-corrected chi connectivity index (χ3v) is 3.76. The molecule has 0 fully saturated rings. The van der Waals surface area contributed by atoms with Crippen LogP contribution in [0.5, 0.6) is 0 Å². The van der Waals surface area contributed by atoms with Crippen LogP contribution >= 0.6 is 0 Å². The van der Waals surface area contributed by atoms with Crippen molar-refractivity contribution in [2.75, 3.05) is 25.1 Å². The minimum Gasteiger partial charge on any atom is -0.478 e. The van der Waals surface area contributed by atoms with Crippen molar-refractivity contribution in [2.45, 2.75) is 20.0 Å². The number of ether oxygens (including phenoxy) is 2. The summed E-state index contributed by atoms with van der Waals surface area (Å²) >= 11 is 0. The van der Waals surface area contributed by atoms with Crippen LogP contribution in [0.2, 0.25) is 0 Å². The van der Waals surface area contributed by atoms with Crippen LogP contribution in [0, 0.1) is 11.8 Å². The van der Waals surface area contributed by atoms with Crippen LogP contribution in [0.4, 0.5) is 5.69 Å². The van der Waals surface area contributed by atoms with E-state index in [4.69, 9.17) is 14.6 Å². The number of nitrogens with one attached hydrogen (secondary N) is 1. The highest BCUT2D eigenvalue weighted by Gasteiger charge is 2.13. The molecule has 0 heterocycles. The van der Waals surface area contributed by atoms with Gasteiger partial charge in [0.15, 0.2) is 0 Å². The Labute approximate surface area is 164 Å². The van der Waals surface area contributed by atoms with Crippen LogP contribution in [-0.4, -0.2) is 42.9 Å². The predicted molar refractivity (Wildman–Crippen MR) is 106 cm³/mol. The minimum absolute atomic E-state index is 0.186. The van der Waals surface area contributed by atoms with E-state index in [2.05, 4.69) is 17.2 Å². The minimum atomic E-state index is -0.994. The molecular weight excluding hydrogens is 358 g/mol. The summed E-state index contributed by atoms with van der Waals surface area (Å²) in [7, 11) is 0. The lowest BCUT2D eigenvalue weighted by Gasteiger charge is -2.13. The molecule has 0 bridgehead atoms. The smallest absolute Gasteiger partial charge is 0.335 e. The highest BCUT2D eigenvalue weighted by molar-refractivity contribution is 5.94. The van der Waals surface area contributed by atoms with E-state index in [9.17, 15) is 9.59 Å². The van der Waals surface area contributed by atoms with Gasteiger partial charge in [0.1, 0.15) is 6.10 Å². The van der Waals surface area contributed by atoms with Gasteiger partial charge in [-0.3, -0.25) is 4.79 Å². The van der Waals surface area contributed by atoms with E-state index in [1.165, 1.54) is 12.1 Å². The van der Waals surface area contributed by atoms with Gasteiger partial charge in [0, 0.05) is 23.4 Å². The van der Waals surface area contributed by atoms with E-state index >= 15 is 0 Å². The van der Waals surface area contributed by atoms with Gasteiger partial charge in [-0.15, -0.1) is 0 Å². The molecule has 1 amide bonds. The Balaban J connectivity index is 2.00. The Morgan fingerprint density at radius 2 is 1.75 bits per heavy atom. The number of carboxylic acid groups (broad SMARTS) is 1. The summed E-state index contributed by atoms with van der Waals surface area (Å²) in [5, 5.41) is 11.8. The molecule has 6 nitrogen and oxygen atoms in total. The van der Waals surface area contributed by atoms with Crippen LogP contribution in [0.25, 0.3) is 0 Å². The molecule has 0 spiro atoms. The number of aromatic carboxylic acids is 1. The number of benzene rings is 2. The Bertz CT molecular complexity index is 882. The molecule has 0 saturated carbocycles. The van der Waals surface area contributed by atoms with E-state index in [0.29, 0.717) is 36.6 Å². The number of hydrogen-bond acceptors (Lipinski definition) is 4. The van der Waals surface area contributed by atoms with Gasteiger partial charge in [-0.2, -0.15) is 0 Å². The lowest BCUT2D eigenvalue weighted by atomic mass is 10.1. The normalized spacial score (nSPS) is 11.2. The standard InChI is InChI=1S/C22H23NO5/c1-3-27-12-13-28-16(2)21(24)23-20-9-5-7-18(15-20)11-10-17-6-4-8-19(14-17)22(25)26/h4-9,14-16H,3,12-13H2,1-2H3,(H,23,24)(H,25,26). The molecule has 146 valence electrons. The van der Waals surface area contributed by atoms with Gasteiger partial charge in [-0.1, -0.05) is 24.0 Å².